The Balaban J connectivity index is 1.22. The van der Waals surface area contributed by atoms with Gasteiger partial charge in [-0.1, -0.05) is 25.5 Å². The molecular weight excluding hydrogens is 678 g/mol. The Morgan fingerprint density at radius 3 is 2.25 bits per heavy atom. The molecule has 2 heterocycles. The van der Waals surface area contributed by atoms with Crippen molar-refractivity contribution in [3.8, 4) is 0 Å². The van der Waals surface area contributed by atoms with Crippen LogP contribution in [0, 0.1) is 11.8 Å². The Hall–Kier alpha value is -3.15. The Bertz CT molecular complexity index is 1210. The molecule has 3 fully saturated rings. The Kier molecular flexibility index (Phi) is 17.9. The van der Waals surface area contributed by atoms with Crippen LogP contribution in [-0.4, -0.2) is 139 Å². The molecule has 2 aliphatic heterocycles. The van der Waals surface area contributed by atoms with Crippen molar-refractivity contribution in [1.29, 1.82) is 0 Å². The number of hydrogen-bond donors (Lipinski definition) is 5. The number of carbonyl (C=O) groups is 5. The normalized spacial score (nSPS) is 26.6. The van der Waals surface area contributed by atoms with Crippen molar-refractivity contribution >= 4 is 30.1 Å². The standard InChI is InChI=1S/C36H61N5O11/c1-24(2)7-8-28-35(5,52-28)32-31(47-6)27(9-11-36(32)23-50-36)51-34(46)40-15-18-49-20-19-48-17-14-39-29(43)10-12-37-26(21-25(3)4)33(45)41-22-30(44)38-13-16-42/h7,16,25-28,31-32,37H,8-15,17-23H2,1-6H3,(H,38,44)(H,39,43)(H,40,46)(H,41,45)/t26-,27?,28+,31?,32?,35?,36-/m0/s1. The van der Waals surface area contributed by atoms with E-state index >= 15 is 0 Å². The maximum atomic E-state index is 12.7. The summed E-state index contributed by atoms with van der Waals surface area (Å²) in [4.78, 5) is 59.4. The first-order valence-electron chi connectivity index (χ1n) is 18.4. The lowest BCUT2D eigenvalue weighted by Gasteiger charge is -2.42. The van der Waals surface area contributed by atoms with Gasteiger partial charge in [-0.15, -0.1) is 0 Å². The van der Waals surface area contributed by atoms with Crippen molar-refractivity contribution in [1.82, 2.24) is 26.6 Å². The maximum Gasteiger partial charge on any atom is 0.407 e. The molecule has 0 bridgehead atoms. The lowest BCUT2D eigenvalue weighted by Crippen LogP contribution is -2.56. The van der Waals surface area contributed by atoms with E-state index in [1.807, 2.05) is 13.8 Å². The second-order valence-electron chi connectivity index (χ2n) is 14.4. The van der Waals surface area contributed by atoms with Gasteiger partial charge in [-0.3, -0.25) is 14.4 Å². The minimum Gasteiger partial charge on any atom is -0.443 e. The van der Waals surface area contributed by atoms with E-state index in [9.17, 15) is 24.0 Å². The Morgan fingerprint density at radius 2 is 1.63 bits per heavy atom. The van der Waals surface area contributed by atoms with E-state index in [4.69, 9.17) is 28.4 Å². The van der Waals surface area contributed by atoms with E-state index in [-0.39, 0.29) is 80.7 Å². The zero-order valence-corrected chi connectivity index (χ0v) is 31.7. The fourth-order valence-electron chi connectivity index (χ4n) is 6.77. The summed E-state index contributed by atoms with van der Waals surface area (Å²) in [5, 5.41) is 13.5. The lowest BCUT2D eigenvalue weighted by molar-refractivity contribution is -0.128. The first-order chi connectivity index (χ1) is 24.8. The molecule has 3 aliphatic rings. The third kappa shape index (κ3) is 14.0. The third-order valence-corrected chi connectivity index (χ3v) is 9.52. The van der Waals surface area contributed by atoms with Crippen molar-refractivity contribution in [3.63, 3.8) is 0 Å². The minimum absolute atomic E-state index is 0.0436. The van der Waals surface area contributed by atoms with Gasteiger partial charge in [0, 0.05) is 33.2 Å². The molecule has 0 aromatic rings. The number of aldehydes is 1. The Morgan fingerprint density at radius 1 is 0.942 bits per heavy atom. The zero-order chi connectivity index (χ0) is 38.1. The van der Waals surface area contributed by atoms with Crippen LogP contribution in [-0.2, 0) is 47.6 Å². The number of ether oxygens (including phenoxy) is 6. The summed E-state index contributed by atoms with van der Waals surface area (Å²) >= 11 is 0. The number of epoxide rings is 2. The van der Waals surface area contributed by atoms with Gasteiger partial charge in [0.1, 0.15) is 29.7 Å². The SMILES string of the molecule is COC1C(OC(=O)NCCOCCOCCNC(=O)CCN[C@@H](CC(C)C)C(=O)NCC(=O)NCC=O)CC[C@]2(CO2)C1C1(C)O[C@@H]1CC=C(C)C. The van der Waals surface area contributed by atoms with Gasteiger partial charge in [-0.25, -0.2) is 4.79 Å². The van der Waals surface area contributed by atoms with Crippen LogP contribution < -0.4 is 26.6 Å². The van der Waals surface area contributed by atoms with Gasteiger partial charge in [-0.2, -0.15) is 0 Å². The summed E-state index contributed by atoms with van der Waals surface area (Å²) in [5.41, 5.74) is 0.561. The van der Waals surface area contributed by atoms with Crippen LogP contribution in [0.4, 0.5) is 4.79 Å². The van der Waals surface area contributed by atoms with Gasteiger partial charge in [0.05, 0.1) is 64.2 Å². The van der Waals surface area contributed by atoms with Crippen LogP contribution in [0.5, 0.6) is 0 Å². The number of hydrogen-bond acceptors (Lipinski definition) is 12. The van der Waals surface area contributed by atoms with Crippen molar-refractivity contribution in [3.05, 3.63) is 11.6 Å². The van der Waals surface area contributed by atoms with E-state index in [0.717, 1.165) is 12.8 Å². The van der Waals surface area contributed by atoms with E-state index in [1.165, 1.54) is 5.57 Å². The Labute approximate surface area is 307 Å². The van der Waals surface area contributed by atoms with Gasteiger partial charge in [0.25, 0.3) is 0 Å². The summed E-state index contributed by atoms with van der Waals surface area (Å²) in [7, 11) is 1.65. The van der Waals surface area contributed by atoms with E-state index in [0.29, 0.717) is 52.1 Å². The molecule has 52 heavy (non-hydrogen) atoms. The number of nitrogens with one attached hydrogen (secondary N) is 5. The lowest BCUT2D eigenvalue weighted by atomic mass is 9.68. The first kappa shape index (κ1) is 43.3. The fraction of sp³-hybridized carbons (Fsp3) is 0.806. The predicted molar refractivity (Wildman–Crippen MR) is 190 cm³/mol. The van der Waals surface area contributed by atoms with Crippen molar-refractivity contribution in [2.24, 2.45) is 11.8 Å². The molecular formula is C36H61N5O11. The molecule has 7 atom stereocenters. The van der Waals surface area contributed by atoms with Gasteiger partial charge >= 0.3 is 6.09 Å². The first-order valence-corrected chi connectivity index (χ1v) is 18.4. The maximum absolute atomic E-state index is 12.7. The minimum atomic E-state index is -0.564. The summed E-state index contributed by atoms with van der Waals surface area (Å²) in [5.74, 6) is -0.829. The molecule has 0 radical (unpaired) electrons. The number of carbonyl (C=O) groups excluding carboxylic acids is 5. The molecule has 1 spiro atoms. The quantitative estimate of drug-likeness (QED) is 0.0381. The molecule has 16 heteroatoms. The molecule has 0 aromatic carbocycles. The van der Waals surface area contributed by atoms with Gasteiger partial charge < -0.3 is 59.8 Å². The van der Waals surface area contributed by atoms with Gasteiger partial charge in [-0.05, 0) is 52.4 Å². The summed E-state index contributed by atoms with van der Waals surface area (Å²) < 4.78 is 35.0. The average Bonchev–Trinajstić information content (AvgIpc) is 4.02. The highest BCUT2D eigenvalue weighted by Crippen LogP contribution is 2.59. The average molecular weight is 740 g/mol. The van der Waals surface area contributed by atoms with Crippen LogP contribution in [0.25, 0.3) is 0 Å². The van der Waals surface area contributed by atoms with Gasteiger partial charge in [0.15, 0.2) is 0 Å². The monoisotopic (exact) mass is 739 g/mol. The summed E-state index contributed by atoms with van der Waals surface area (Å²) in [6.45, 7) is 12.6. The number of alkyl carbamates (subject to hydrolysis) is 1. The van der Waals surface area contributed by atoms with Crippen LogP contribution >= 0.6 is 0 Å². The van der Waals surface area contributed by atoms with Crippen LogP contribution in [0.15, 0.2) is 11.6 Å². The topological polar surface area (TPSA) is 207 Å². The van der Waals surface area contributed by atoms with Crippen LogP contribution in [0.3, 0.4) is 0 Å². The molecule has 3 rings (SSSR count). The molecule has 296 valence electrons. The second-order valence-corrected chi connectivity index (χ2v) is 14.4. The fourth-order valence-corrected chi connectivity index (χ4v) is 6.77. The molecule has 1 aliphatic carbocycles. The van der Waals surface area contributed by atoms with Crippen LogP contribution in [0.2, 0.25) is 0 Å². The molecule has 16 nitrogen and oxygen atoms in total. The molecule has 1 saturated carbocycles. The van der Waals surface area contributed by atoms with E-state index in [2.05, 4.69) is 53.4 Å². The molecule has 2 saturated heterocycles. The second kappa shape index (κ2) is 21.5. The van der Waals surface area contributed by atoms with Crippen molar-refractivity contribution in [2.75, 3.05) is 72.9 Å². The molecule has 5 N–H and O–H groups in total. The highest BCUT2D eigenvalue weighted by molar-refractivity contribution is 5.88. The summed E-state index contributed by atoms with van der Waals surface area (Å²) in [6, 6.07) is -0.564. The molecule has 4 unspecified atom stereocenters. The van der Waals surface area contributed by atoms with E-state index < -0.39 is 29.7 Å². The predicted octanol–water partition coefficient (Wildman–Crippen LogP) is 0.764. The smallest absolute Gasteiger partial charge is 0.407 e. The van der Waals surface area contributed by atoms with Crippen LogP contribution in [0.1, 0.15) is 66.7 Å². The number of allylic oxidation sites excluding steroid dienone is 1. The molecule has 4 amide bonds. The molecule has 0 aromatic heterocycles. The van der Waals surface area contributed by atoms with Gasteiger partial charge in [0.2, 0.25) is 17.7 Å². The van der Waals surface area contributed by atoms with Crippen molar-refractivity contribution in [2.45, 2.75) is 102 Å². The van der Waals surface area contributed by atoms with Crippen molar-refractivity contribution < 1.29 is 52.4 Å². The number of methoxy groups -OCH3 is 1. The number of rotatable bonds is 25. The zero-order valence-electron chi connectivity index (χ0n) is 31.7. The summed E-state index contributed by atoms with van der Waals surface area (Å²) in [6.07, 6.45) is 4.48. The largest absolute Gasteiger partial charge is 0.443 e. The third-order valence-electron chi connectivity index (χ3n) is 9.52. The van der Waals surface area contributed by atoms with E-state index in [1.54, 1.807) is 7.11 Å². The highest BCUT2D eigenvalue weighted by atomic mass is 16.6. The highest BCUT2D eigenvalue weighted by Gasteiger charge is 2.72. The number of amides is 4.